The smallest absolute Gasteiger partial charge is 0.248 e. The fourth-order valence-electron chi connectivity index (χ4n) is 1.90. The summed E-state index contributed by atoms with van der Waals surface area (Å²) in [7, 11) is -2.90. The molecule has 0 radical (unpaired) electrons. The van der Waals surface area contributed by atoms with Crippen LogP contribution in [-0.4, -0.2) is 19.8 Å². The SMILES string of the molecule is CN(Cc1ccccc1F)S(=O)(=O)c1c(N)cccc1F. The molecule has 0 aliphatic heterocycles. The van der Waals surface area contributed by atoms with Gasteiger partial charge in [-0.25, -0.2) is 17.2 Å². The van der Waals surface area contributed by atoms with E-state index in [4.69, 9.17) is 5.73 Å². The predicted octanol–water partition coefficient (Wildman–Crippen LogP) is 2.37. The number of hydrogen-bond acceptors (Lipinski definition) is 3. The third-order valence-electron chi connectivity index (χ3n) is 3.02. The van der Waals surface area contributed by atoms with Crippen LogP contribution in [0.1, 0.15) is 5.56 Å². The average molecular weight is 312 g/mol. The number of nitrogens with two attached hydrogens (primary N) is 1. The van der Waals surface area contributed by atoms with Crippen molar-refractivity contribution in [2.24, 2.45) is 0 Å². The van der Waals surface area contributed by atoms with Crippen LogP contribution in [0.25, 0.3) is 0 Å². The summed E-state index contributed by atoms with van der Waals surface area (Å²) in [6, 6.07) is 9.42. The molecule has 112 valence electrons. The number of anilines is 1. The number of benzene rings is 2. The first kappa shape index (κ1) is 15.4. The number of halogens is 2. The minimum absolute atomic E-state index is 0.185. The van der Waals surface area contributed by atoms with Crippen LogP contribution in [-0.2, 0) is 16.6 Å². The summed E-state index contributed by atoms with van der Waals surface area (Å²) in [5.74, 6) is -1.46. The average Bonchev–Trinajstić information content (AvgIpc) is 2.40. The Kier molecular flexibility index (Phi) is 4.24. The van der Waals surface area contributed by atoms with Crippen LogP contribution in [0.4, 0.5) is 14.5 Å². The van der Waals surface area contributed by atoms with E-state index in [1.54, 1.807) is 6.07 Å². The molecule has 0 saturated heterocycles. The molecular weight excluding hydrogens is 298 g/mol. The minimum Gasteiger partial charge on any atom is -0.398 e. The maximum atomic E-state index is 13.8. The first-order valence-corrected chi connectivity index (χ1v) is 7.52. The van der Waals surface area contributed by atoms with Crippen molar-refractivity contribution in [2.75, 3.05) is 12.8 Å². The molecule has 2 aromatic rings. The zero-order chi connectivity index (χ0) is 15.6. The Bertz CT molecular complexity index is 743. The lowest BCUT2D eigenvalue weighted by molar-refractivity contribution is 0.451. The van der Waals surface area contributed by atoms with E-state index in [9.17, 15) is 17.2 Å². The second kappa shape index (κ2) is 5.79. The van der Waals surface area contributed by atoms with Crippen molar-refractivity contribution < 1.29 is 17.2 Å². The molecule has 2 rings (SSSR count). The third-order valence-corrected chi connectivity index (χ3v) is 4.91. The Morgan fingerprint density at radius 1 is 1.05 bits per heavy atom. The van der Waals surface area contributed by atoms with Crippen molar-refractivity contribution in [3.8, 4) is 0 Å². The first-order valence-electron chi connectivity index (χ1n) is 6.08. The molecule has 0 saturated carbocycles. The summed E-state index contributed by atoms with van der Waals surface area (Å²) >= 11 is 0. The van der Waals surface area contributed by atoms with Crippen molar-refractivity contribution in [1.29, 1.82) is 0 Å². The summed E-state index contributed by atoms with van der Waals surface area (Å²) in [6.07, 6.45) is 0. The standard InChI is InChI=1S/C14H14F2N2O2S/c1-18(9-10-5-2-3-6-11(10)15)21(19,20)14-12(16)7-4-8-13(14)17/h2-8H,9,17H2,1H3. The lowest BCUT2D eigenvalue weighted by atomic mass is 10.2. The minimum atomic E-state index is -4.15. The number of hydrogen-bond donors (Lipinski definition) is 1. The quantitative estimate of drug-likeness (QED) is 0.882. The van der Waals surface area contributed by atoms with E-state index in [-0.39, 0.29) is 17.8 Å². The molecule has 21 heavy (non-hydrogen) atoms. The molecule has 0 aliphatic rings. The largest absolute Gasteiger partial charge is 0.398 e. The Labute approximate surface area is 121 Å². The highest BCUT2D eigenvalue weighted by Gasteiger charge is 2.27. The highest BCUT2D eigenvalue weighted by atomic mass is 32.2. The van der Waals surface area contributed by atoms with Crippen LogP contribution >= 0.6 is 0 Å². The predicted molar refractivity (Wildman–Crippen MR) is 75.9 cm³/mol. The molecular formula is C14H14F2N2O2S. The second-order valence-corrected chi connectivity index (χ2v) is 6.49. The van der Waals surface area contributed by atoms with Gasteiger partial charge in [-0.1, -0.05) is 24.3 Å². The van der Waals surface area contributed by atoms with Crippen molar-refractivity contribution in [1.82, 2.24) is 4.31 Å². The number of nitrogens with zero attached hydrogens (tertiary/aromatic N) is 1. The fourth-order valence-corrected chi connectivity index (χ4v) is 3.21. The van der Waals surface area contributed by atoms with Gasteiger partial charge in [0.2, 0.25) is 10.0 Å². The molecule has 7 heteroatoms. The van der Waals surface area contributed by atoms with E-state index in [0.29, 0.717) is 0 Å². The summed E-state index contributed by atoms with van der Waals surface area (Å²) < 4.78 is 53.0. The highest BCUT2D eigenvalue weighted by Crippen LogP contribution is 2.25. The lowest BCUT2D eigenvalue weighted by Crippen LogP contribution is -2.28. The Morgan fingerprint density at radius 2 is 1.67 bits per heavy atom. The molecule has 0 fully saturated rings. The van der Waals surface area contributed by atoms with Gasteiger partial charge in [-0.2, -0.15) is 4.31 Å². The van der Waals surface area contributed by atoms with Gasteiger partial charge in [0.15, 0.2) is 0 Å². The third kappa shape index (κ3) is 3.03. The molecule has 0 aliphatic carbocycles. The van der Waals surface area contributed by atoms with E-state index in [1.165, 1.54) is 37.4 Å². The van der Waals surface area contributed by atoms with E-state index >= 15 is 0 Å². The Morgan fingerprint density at radius 3 is 2.29 bits per heavy atom. The van der Waals surface area contributed by atoms with Gasteiger partial charge >= 0.3 is 0 Å². The van der Waals surface area contributed by atoms with Crippen molar-refractivity contribution in [3.63, 3.8) is 0 Å². The molecule has 2 aromatic carbocycles. The Hall–Kier alpha value is -1.99. The maximum absolute atomic E-state index is 13.8. The summed E-state index contributed by atoms with van der Waals surface area (Å²) in [4.78, 5) is -0.594. The van der Waals surface area contributed by atoms with E-state index < -0.39 is 26.6 Å². The van der Waals surface area contributed by atoms with Crippen LogP contribution in [0, 0.1) is 11.6 Å². The number of rotatable bonds is 4. The Balaban J connectivity index is 2.38. The van der Waals surface area contributed by atoms with E-state index in [0.717, 1.165) is 10.4 Å². The molecule has 4 nitrogen and oxygen atoms in total. The molecule has 0 unspecified atom stereocenters. The number of sulfonamides is 1. The second-order valence-electron chi connectivity index (χ2n) is 4.51. The van der Waals surface area contributed by atoms with E-state index in [1.807, 2.05) is 0 Å². The van der Waals surface area contributed by atoms with Gasteiger partial charge in [-0.3, -0.25) is 0 Å². The highest BCUT2D eigenvalue weighted by molar-refractivity contribution is 7.89. The zero-order valence-corrected chi connectivity index (χ0v) is 12.1. The molecule has 0 aromatic heterocycles. The van der Waals surface area contributed by atoms with Gasteiger partial charge in [0, 0.05) is 19.2 Å². The topological polar surface area (TPSA) is 63.4 Å². The molecule has 2 N–H and O–H groups in total. The zero-order valence-electron chi connectivity index (χ0n) is 11.3. The molecule has 0 heterocycles. The monoisotopic (exact) mass is 312 g/mol. The van der Waals surface area contributed by atoms with Gasteiger partial charge in [0.05, 0.1) is 5.69 Å². The molecule has 0 bridgehead atoms. The van der Waals surface area contributed by atoms with Crippen LogP contribution in [0.15, 0.2) is 47.4 Å². The molecule has 0 amide bonds. The lowest BCUT2D eigenvalue weighted by Gasteiger charge is -2.19. The van der Waals surface area contributed by atoms with Gasteiger partial charge < -0.3 is 5.73 Å². The normalized spacial score (nSPS) is 11.8. The van der Waals surface area contributed by atoms with Crippen LogP contribution < -0.4 is 5.73 Å². The molecule has 0 spiro atoms. The summed E-state index contributed by atoms with van der Waals surface area (Å²) in [6.45, 7) is -0.219. The molecule has 0 atom stereocenters. The van der Waals surface area contributed by atoms with Crippen LogP contribution in [0.3, 0.4) is 0 Å². The van der Waals surface area contributed by atoms with Crippen molar-refractivity contribution >= 4 is 15.7 Å². The number of nitrogen functional groups attached to an aromatic ring is 1. The van der Waals surface area contributed by atoms with E-state index in [2.05, 4.69) is 0 Å². The summed E-state index contributed by atoms with van der Waals surface area (Å²) in [5.41, 5.74) is 5.56. The van der Waals surface area contributed by atoms with Crippen LogP contribution in [0.2, 0.25) is 0 Å². The maximum Gasteiger partial charge on any atom is 0.248 e. The first-order chi connectivity index (χ1) is 9.84. The van der Waals surface area contributed by atoms with Gasteiger partial charge in [0.1, 0.15) is 16.5 Å². The van der Waals surface area contributed by atoms with Gasteiger partial charge in [-0.05, 0) is 18.2 Å². The van der Waals surface area contributed by atoms with Crippen molar-refractivity contribution in [3.05, 3.63) is 59.7 Å². The fraction of sp³-hybridized carbons (Fsp3) is 0.143. The van der Waals surface area contributed by atoms with Crippen LogP contribution in [0.5, 0.6) is 0 Å². The van der Waals surface area contributed by atoms with Gasteiger partial charge in [-0.15, -0.1) is 0 Å². The summed E-state index contributed by atoms with van der Waals surface area (Å²) in [5, 5.41) is 0. The van der Waals surface area contributed by atoms with Gasteiger partial charge in [0.25, 0.3) is 0 Å². The van der Waals surface area contributed by atoms with Crippen molar-refractivity contribution in [2.45, 2.75) is 11.4 Å².